The van der Waals surface area contributed by atoms with E-state index in [0.29, 0.717) is 0 Å². The highest BCUT2D eigenvalue weighted by Gasteiger charge is 2.17. The number of nitrogens with one attached hydrogen (secondary N) is 2. The molecule has 138 valence electrons. The Bertz CT molecular complexity index is 969. The van der Waals surface area contributed by atoms with Gasteiger partial charge in [0.25, 0.3) is 5.91 Å². The van der Waals surface area contributed by atoms with Crippen molar-refractivity contribution in [2.75, 3.05) is 0 Å². The Morgan fingerprint density at radius 1 is 0.963 bits per heavy atom. The number of rotatable bonds is 5. The lowest BCUT2D eigenvalue weighted by molar-refractivity contribution is -0.132. The minimum Gasteiger partial charge on any atom is -0.478 e. The monoisotopic (exact) mass is 366 g/mol. The highest BCUT2D eigenvalue weighted by molar-refractivity contribution is 5.91. The van der Waals surface area contributed by atoms with Crippen molar-refractivity contribution < 1.29 is 18.7 Å². The normalized spacial score (nSPS) is 11.6. The highest BCUT2D eigenvalue weighted by Crippen LogP contribution is 2.19. The molecule has 0 aliphatic rings. The summed E-state index contributed by atoms with van der Waals surface area (Å²) >= 11 is 0. The number of amides is 2. The van der Waals surface area contributed by atoms with Crippen LogP contribution in [-0.2, 0) is 16.0 Å². The maximum Gasteiger partial charge on any atom is 0.279 e. The predicted molar refractivity (Wildman–Crippen MR) is 100 cm³/mol. The number of carbonyl (C=O) groups excluding carboxylic acids is 2. The minimum absolute atomic E-state index is 0.0257. The van der Waals surface area contributed by atoms with Crippen LogP contribution in [-0.4, -0.2) is 17.9 Å². The Morgan fingerprint density at radius 3 is 2.48 bits per heavy atom. The molecule has 0 spiro atoms. The molecule has 1 atom stereocenters. The Hall–Kier alpha value is -3.41. The lowest BCUT2D eigenvalue weighted by Gasteiger charge is -2.15. The van der Waals surface area contributed by atoms with Crippen molar-refractivity contribution in [3.05, 3.63) is 78.1 Å². The van der Waals surface area contributed by atoms with Gasteiger partial charge in [-0.3, -0.25) is 20.4 Å². The number of benzene rings is 3. The average molecular weight is 366 g/mol. The summed E-state index contributed by atoms with van der Waals surface area (Å²) in [6.07, 6.45) is -0.857. The molecule has 0 saturated heterocycles. The first-order valence-electron chi connectivity index (χ1n) is 8.51. The van der Waals surface area contributed by atoms with E-state index in [1.54, 1.807) is 6.07 Å². The van der Waals surface area contributed by atoms with Crippen LogP contribution in [0.25, 0.3) is 10.8 Å². The molecule has 5 nitrogen and oxygen atoms in total. The number of fused-ring (bicyclic) bond motifs is 1. The number of ether oxygens (including phenoxy) is 1. The van der Waals surface area contributed by atoms with Gasteiger partial charge in [-0.15, -0.1) is 0 Å². The highest BCUT2D eigenvalue weighted by atomic mass is 19.1. The van der Waals surface area contributed by atoms with Crippen LogP contribution < -0.4 is 15.6 Å². The molecule has 0 aromatic heterocycles. The quantitative estimate of drug-likeness (QED) is 0.682. The smallest absolute Gasteiger partial charge is 0.279 e. The molecular formula is C21H19FN2O3. The number of para-hydroxylation sites is 1. The Morgan fingerprint density at radius 2 is 1.67 bits per heavy atom. The topological polar surface area (TPSA) is 67.4 Å². The Balaban J connectivity index is 1.55. The van der Waals surface area contributed by atoms with Gasteiger partial charge in [0, 0.05) is 0 Å². The van der Waals surface area contributed by atoms with E-state index in [2.05, 4.69) is 10.9 Å². The van der Waals surface area contributed by atoms with Gasteiger partial charge in [-0.25, -0.2) is 4.39 Å². The summed E-state index contributed by atoms with van der Waals surface area (Å²) in [5.41, 5.74) is 5.53. The standard InChI is InChI=1S/C21H19FN2O3/c1-14(27-19-12-5-4-11-18(19)22)21(26)24-23-20(25)13-16-9-6-8-15-7-2-3-10-17(15)16/h2-12,14H,13H2,1H3,(H,23,25)(H,24,26)/t14-/m0/s1. The number of hydrogen-bond acceptors (Lipinski definition) is 3. The summed E-state index contributed by atoms with van der Waals surface area (Å²) in [6.45, 7) is 1.47. The molecule has 0 aliphatic heterocycles. The maximum absolute atomic E-state index is 13.6. The van der Waals surface area contributed by atoms with Gasteiger partial charge in [-0.1, -0.05) is 54.6 Å². The van der Waals surface area contributed by atoms with Gasteiger partial charge in [0.05, 0.1) is 6.42 Å². The van der Waals surface area contributed by atoms with E-state index in [1.807, 2.05) is 42.5 Å². The molecule has 3 rings (SSSR count). The van der Waals surface area contributed by atoms with Gasteiger partial charge in [-0.05, 0) is 35.4 Å². The molecule has 3 aromatic carbocycles. The van der Waals surface area contributed by atoms with Crippen LogP contribution in [0, 0.1) is 5.82 Å². The fourth-order valence-electron chi connectivity index (χ4n) is 2.68. The van der Waals surface area contributed by atoms with Crippen LogP contribution >= 0.6 is 0 Å². The van der Waals surface area contributed by atoms with Crippen molar-refractivity contribution in [3.8, 4) is 5.75 Å². The third kappa shape index (κ3) is 4.61. The third-order valence-electron chi connectivity index (χ3n) is 4.07. The molecule has 6 heteroatoms. The molecule has 0 unspecified atom stereocenters. The molecule has 3 aromatic rings. The lowest BCUT2D eigenvalue weighted by Crippen LogP contribution is -2.47. The van der Waals surface area contributed by atoms with Crippen molar-refractivity contribution in [2.24, 2.45) is 0 Å². The van der Waals surface area contributed by atoms with E-state index in [1.165, 1.54) is 25.1 Å². The molecule has 2 N–H and O–H groups in total. The largest absolute Gasteiger partial charge is 0.478 e. The number of halogens is 1. The van der Waals surface area contributed by atoms with Gasteiger partial charge in [-0.2, -0.15) is 0 Å². The van der Waals surface area contributed by atoms with Crippen LogP contribution in [0.1, 0.15) is 12.5 Å². The van der Waals surface area contributed by atoms with E-state index in [4.69, 9.17) is 4.74 Å². The SMILES string of the molecule is C[C@H](Oc1ccccc1F)C(=O)NNC(=O)Cc1cccc2ccccc12. The summed E-state index contributed by atoms with van der Waals surface area (Å²) in [6, 6.07) is 19.3. The van der Waals surface area contributed by atoms with E-state index >= 15 is 0 Å². The second-order valence-electron chi connectivity index (χ2n) is 6.04. The number of hydrogen-bond donors (Lipinski definition) is 2. The molecule has 0 bridgehead atoms. The summed E-state index contributed by atoms with van der Waals surface area (Å²) in [5, 5.41) is 2.02. The average Bonchev–Trinajstić information content (AvgIpc) is 2.68. The summed E-state index contributed by atoms with van der Waals surface area (Å²) in [4.78, 5) is 24.2. The lowest BCUT2D eigenvalue weighted by atomic mass is 10.0. The van der Waals surface area contributed by atoms with Gasteiger partial charge in [0.2, 0.25) is 5.91 Å². The zero-order valence-electron chi connectivity index (χ0n) is 14.7. The van der Waals surface area contributed by atoms with Gasteiger partial charge < -0.3 is 4.74 Å². The minimum atomic E-state index is -0.972. The van der Waals surface area contributed by atoms with Gasteiger partial charge >= 0.3 is 0 Å². The van der Waals surface area contributed by atoms with Gasteiger partial charge in [0.15, 0.2) is 17.7 Å². The van der Waals surface area contributed by atoms with E-state index < -0.39 is 17.8 Å². The van der Waals surface area contributed by atoms with Crippen LogP contribution in [0.3, 0.4) is 0 Å². The first kappa shape index (κ1) is 18.4. The molecule has 0 heterocycles. The van der Waals surface area contributed by atoms with Crippen molar-refractivity contribution >= 4 is 22.6 Å². The Kier molecular flexibility index (Phi) is 5.66. The summed E-state index contributed by atoms with van der Waals surface area (Å²) in [5.74, 6) is -1.53. The molecule has 0 aliphatic carbocycles. The molecule has 0 radical (unpaired) electrons. The fraction of sp³-hybridized carbons (Fsp3) is 0.143. The van der Waals surface area contributed by atoms with Crippen molar-refractivity contribution in [1.29, 1.82) is 0 Å². The molecule has 0 saturated carbocycles. The van der Waals surface area contributed by atoms with Crippen LogP contribution in [0.5, 0.6) is 5.75 Å². The molecule has 2 amide bonds. The van der Waals surface area contributed by atoms with E-state index in [9.17, 15) is 14.0 Å². The predicted octanol–water partition coefficient (Wildman–Crippen LogP) is 3.14. The number of carbonyl (C=O) groups is 2. The maximum atomic E-state index is 13.6. The van der Waals surface area contributed by atoms with Crippen LogP contribution in [0.15, 0.2) is 66.7 Å². The van der Waals surface area contributed by atoms with Crippen molar-refractivity contribution in [3.63, 3.8) is 0 Å². The van der Waals surface area contributed by atoms with E-state index in [-0.39, 0.29) is 18.1 Å². The first-order valence-corrected chi connectivity index (χ1v) is 8.51. The molecule has 0 fully saturated rings. The Labute approximate surface area is 156 Å². The van der Waals surface area contributed by atoms with Crippen molar-refractivity contribution in [1.82, 2.24) is 10.9 Å². The molecule has 27 heavy (non-hydrogen) atoms. The van der Waals surface area contributed by atoms with E-state index in [0.717, 1.165) is 16.3 Å². The first-order chi connectivity index (χ1) is 13.0. The van der Waals surface area contributed by atoms with Crippen LogP contribution in [0.2, 0.25) is 0 Å². The third-order valence-corrected chi connectivity index (χ3v) is 4.07. The second-order valence-corrected chi connectivity index (χ2v) is 6.04. The van der Waals surface area contributed by atoms with Gasteiger partial charge in [0.1, 0.15) is 0 Å². The fourth-order valence-corrected chi connectivity index (χ4v) is 2.68. The van der Waals surface area contributed by atoms with Crippen LogP contribution in [0.4, 0.5) is 4.39 Å². The zero-order chi connectivity index (χ0) is 19.2. The van der Waals surface area contributed by atoms with Crippen molar-refractivity contribution in [2.45, 2.75) is 19.4 Å². The second kappa shape index (κ2) is 8.31. The molecular weight excluding hydrogens is 347 g/mol. The summed E-state index contributed by atoms with van der Waals surface area (Å²) < 4.78 is 18.8. The number of hydrazine groups is 1. The zero-order valence-corrected chi connectivity index (χ0v) is 14.7. The summed E-state index contributed by atoms with van der Waals surface area (Å²) in [7, 11) is 0.